The molecular formula is C28H26F4N6O2. The third kappa shape index (κ3) is 4.75. The van der Waals surface area contributed by atoms with Gasteiger partial charge in [-0.3, -0.25) is 14.0 Å². The first-order chi connectivity index (χ1) is 19.2. The second kappa shape index (κ2) is 10.1. The van der Waals surface area contributed by atoms with E-state index in [0.29, 0.717) is 23.2 Å². The number of fused-ring (bicyclic) bond motifs is 1. The Labute approximate surface area is 226 Å². The number of amides is 1. The maximum absolute atomic E-state index is 13.6. The van der Waals surface area contributed by atoms with Crippen LogP contribution in [-0.2, 0) is 6.18 Å². The highest BCUT2D eigenvalue weighted by molar-refractivity contribution is 6.05. The molecule has 0 bridgehead atoms. The van der Waals surface area contributed by atoms with Crippen molar-refractivity contribution in [2.24, 2.45) is 5.92 Å². The molecule has 0 radical (unpaired) electrons. The first-order valence-corrected chi connectivity index (χ1v) is 13.2. The Morgan fingerprint density at radius 2 is 1.77 bits per heavy atom. The van der Waals surface area contributed by atoms with Crippen LogP contribution in [0.1, 0.15) is 59.6 Å². The highest BCUT2D eigenvalue weighted by atomic mass is 19.4. The number of halogens is 4. The van der Waals surface area contributed by atoms with Crippen molar-refractivity contribution in [2.45, 2.75) is 44.2 Å². The molecule has 0 unspecified atom stereocenters. The number of aromatic amines is 1. The predicted molar refractivity (Wildman–Crippen MR) is 138 cm³/mol. The molecule has 0 spiro atoms. The molecule has 6 rings (SSSR count). The van der Waals surface area contributed by atoms with Gasteiger partial charge in [-0.2, -0.15) is 22.8 Å². The van der Waals surface area contributed by atoms with Gasteiger partial charge >= 0.3 is 6.18 Å². The van der Waals surface area contributed by atoms with Gasteiger partial charge in [0.05, 0.1) is 12.4 Å². The third-order valence-corrected chi connectivity index (χ3v) is 7.75. The number of carbonyl (C=O) groups is 1. The zero-order valence-corrected chi connectivity index (χ0v) is 21.4. The monoisotopic (exact) mass is 554 g/mol. The van der Waals surface area contributed by atoms with Crippen LogP contribution in [-0.4, -0.2) is 55.1 Å². The molecule has 1 saturated heterocycles. The number of aromatic nitrogens is 5. The minimum Gasteiger partial charge on any atom is -0.339 e. The molecular weight excluding hydrogens is 528 g/mol. The van der Waals surface area contributed by atoms with Crippen LogP contribution in [0.15, 0.2) is 47.4 Å². The van der Waals surface area contributed by atoms with Gasteiger partial charge in [-0.15, -0.1) is 0 Å². The Morgan fingerprint density at radius 1 is 1.05 bits per heavy atom. The molecule has 2 aliphatic rings. The Balaban J connectivity index is 1.46. The Morgan fingerprint density at radius 3 is 2.45 bits per heavy atom. The van der Waals surface area contributed by atoms with Crippen molar-refractivity contribution < 1.29 is 22.4 Å². The third-order valence-electron chi connectivity index (χ3n) is 7.75. The van der Waals surface area contributed by atoms with Gasteiger partial charge < -0.3 is 9.88 Å². The Kier molecular flexibility index (Phi) is 6.63. The Hall–Kier alpha value is -4.09. The number of likely N-dealkylation sites (tertiary alicyclic amines) is 1. The van der Waals surface area contributed by atoms with Gasteiger partial charge in [0.15, 0.2) is 11.5 Å². The lowest BCUT2D eigenvalue weighted by Crippen LogP contribution is -2.50. The van der Waals surface area contributed by atoms with Crippen molar-refractivity contribution >= 4 is 11.6 Å². The van der Waals surface area contributed by atoms with Crippen molar-refractivity contribution in [1.82, 2.24) is 29.5 Å². The molecule has 0 atom stereocenters. The van der Waals surface area contributed by atoms with Crippen LogP contribution < -0.4 is 5.56 Å². The molecule has 12 heteroatoms. The molecule has 3 aromatic heterocycles. The quantitative estimate of drug-likeness (QED) is 0.340. The number of carbonyl (C=O) groups excluding carboxylic acids is 1. The molecule has 8 nitrogen and oxygen atoms in total. The fourth-order valence-electron chi connectivity index (χ4n) is 5.55. The second-order valence-electron chi connectivity index (χ2n) is 10.5. The highest BCUT2D eigenvalue weighted by Gasteiger charge is 2.37. The minimum atomic E-state index is -4.75. The van der Waals surface area contributed by atoms with Crippen molar-refractivity contribution in [3.05, 3.63) is 69.8 Å². The fourth-order valence-corrected chi connectivity index (χ4v) is 5.55. The number of H-pyrrole nitrogens is 1. The summed E-state index contributed by atoms with van der Waals surface area (Å²) in [6, 6.07) is 9.92. The lowest BCUT2D eigenvalue weighted by atomic mass is 9.84. The normalized spacial score (nSPS) is 16.9. The summed E-state index contributed by atoms with van der Waals surface area (Å²) in [6.07, 6.45) is 2.12. The van der Waals surface area contributed by atoms with E-state index in [0.717, 1.165) is 23.6 Å². The van der Waals surface area contributed by atoms with Gasteiger partial charge in [0.2, 0.25) is 0 Å². The number of hydrogen-bond donors (Lipinski definition) is 1. The average molecular weight is 555 g/mol. The molecule has 2 fully saturated rings. The van der Waals surface area contributed by atoms with Crippen molar-refractivity contribution in [2.75, 3.05) is 19.8 Å². The van der Waals surface area contributed by atoms with Crippen LogP contribution in [0.25, 0.3) is 28.4 Å². The lowest BCUT2D eigenvalue weighted by molar-refractivity contribution is -0.141. The SMILES string of the molecule is O=C(c1c(-c2nccc(C(F)(F)F)n2)nn2c(=O)cc(-c3ccc(C4CCCCC4)cc3)[nH]c12)N1CC(CF)C1. The molecule has 1 amide bonds. The van der Waals surface area contributed by atoms with Gasteiger partial charge in [0, 0.05) is 31.3 Å². The van der Waals surface area contributed by atoms with Crippen LogP contribution >= 0.6 is 0 Å². The number of hydrogen-bond acceptors (Lipinski definition) is 5. The predicted octanol–water partition coefficient (Wildman–Crippen LogP) is 5.25. The number of alkyl halides is 4. The number of nitrogens with zero attached hydrogens (tertiary/aromatic N) is 5. The van der Waals surface area contributed by atoms with E-state index in [-0.39, 0.29) is 35.9 Å². The first kappa shape index (κ1) is 26.1. The van der Waals surface area contributed by atoms with E-state index in [1.807, 2.05) is 24.3 Å². The van der Waals surface area contributed by atoms with Gasteiger partial charge in [0.25, 0.3) is 11.5 Å². The molecule has 1 saturated carbocycles. The zero-order chi connectivity index (χ0) is 28.0. The maximum Gasteiger partial charge on any atom is 0.433 e. The number of nitrogens with one attached hydrogen (secondary N) is 1. The van der Waals surface area contributed by atoms with Crippen molar-refractivity contribution in [3.8, 4) is 22.8 Å². The van der Waals surface area contributed by atoms with Gasteiger partial charge in [0.1, 0.15) is 17.0 Å². The summed E-state index contributed by atoms with van der Waals surface area (Å²) in [7, 11) is 0. The summed E-state index contributed by atoms with van der Waals surface area (Å²) in [5.41, 5.74) is 0.157. The average Bonchev–Trinajstić information content (AvgIpc) is 3.33. The first-order valence-electron chi connectivity index (χ1n) is 13.2. The van der Waals surface area contributed by atoms with Crippen LogP contribution in [0.4, 0.5) is 17.6 Å². The van der Waals surface area contributed by atoms with Gasteiger partial charge in [-0.25, -0.2) is 9.97 Å². The van der Waals surface area contributed by atoms with E-state index in [1.54, 1.807) is 0 Å². The molecule has 208 valence electrons. The van der Waals surface area contributed by atoms with Crippen LogP contribution in [0.5, 0.6) is 0 Å². The Bertz CT molecular complexity index is 1620. The largest absolute Gasteiger partial charge is 0.433 e. The molecule has 1 N–H and O–H groups in total. The summed E-state index contributed by atoms with van der Waals surface area (Å²) in [5, 5.41) is 4.18. The summed E-state index contributed by atoms with van der Waals surface area (Å²) in [6.45, 7) is -0.315. The summed E-state index contributed by atoms with van der Waals surface area (Å²) < 4.78 is 54.2. The fraction of sp³-hybridized carbons (Fsp3) is 0.393. The van der Waals surface area contributed by atoms with Crippen LogP contribution in [0, 0.1) is 5.92 Å². The second-order valence-corrected chi connectivity index (χ2v) is 10.5. The molecule has 1 aromatic carbocycles. The molecule has 1 aliphatic carbocycles. The summed E-state index contributed by atoms with van der Waals surface area (Å²) >= 11 is 0. The number of rotatable bonds is 5. The maximum atomic E-state index is 13.6. The van der Waals surface area contributed by atoms with Gasteiger partial charge in [-0.05, 0) is 36.0 Å². The molecule has 40 heavy (non-hydrogen) atoms. The van der Waals surface area contributed by atoms with Crippen LogP contribution in [0.3, 0.4) is 0 Å². The highest BCUT2D eigenvalue weighted by Crippen LogP contribution is 2.34. The minimum absolute atomic E-state index is 0.00330. The standard InChI is InChI=1S/C28H26F4N6O2/c29-13-16-14-37(15-16)27(40)23-24(25-33-11-10-21(35-25)28(30,31)32)36-38-22(39)12-20(34-26(23)38)19-8-6-18(7-9-19)17-4-2-1-3-5-17/h6-12,16-17,34H,1-5,13-15H2. The molecule has 1 aliphatic heterocycles. The summed E-state index contributed by atoms with van der Waals surface area (Å²) in [5.74, 6) is -0.869. The lowest BCUT2D eigenvalue weighted by Gasteiger charge is -2.37. The van der Waals surface area contributed by atoms with E-state index < -0.39 is 35.8 Å². The van der Waals surface area contributed by atoms with E-state index in [1.165, 1.54) is 35.8 Å². The van der Waals surface area contributed by atoms with Crippen LogP contribution in [0.2, 0.25) is 0 Å². The van der Waals surface area contributed by atoms with E-state index >= 15 is 0 Å². The van der Waals surface area contributed by atoms with Crippen molar-refractivity contribution in [1.29, 1.82) is 0 Å². The molecule has 4 heterocycles. The van der Waals surface area contributed by atoms with Gasteiger partial charge in [-0.1, -0.05) is 43.5 Å². The van der Waals surface area contributed by atoms with E-state index in [4.69, 9.17) is 0 Å². The smallest absolute Gasteiger partial charge is 0.339 e. The van der Waals surface area contributed by atoms with E-state index in [2.05, 4.69) is 20.1 Å². The van der Waals surface area contributed by atoms with E-state index in [9.17, 15) is 27.2 Å². The molecule has 4 aromatic rings. The zero-order valence-electron chi connectivity index (χ0n) is 21.4. The number of benzene rings is 1. The summed E-state index contributed by atoms with van der Waals surface area (Å²) in [4.78, 5) is 38.7. The van der Waals surface area contributed by atoms with Crippen molar-refractivity contribution in [3.63, 3.8) is 0 Å². The topological polar surface area (TPSA) is 96.2 Å².